The second kappa shape index (κ2) is 12.3. The van der Waals surface area contributed by atoms with Gasteiger partial charge in [-0.25, -0.2) is 4.79 Å². The van der Waals surface area contributed by atoms with Crippen molar-refractivity contribution in [2.75, 3.05) is 12.4 Å². The lowest BCUT2D eigenvalue weighted by Gasteiger charge is -2.21. The van der Waals surface area contributed by atoms with Crippen LogP contribution in [0.2, 0.25) is 0 Å². The maximum atomic E-state index is 14.1. The number of hydrogen-bond donors (Lipinski definition) is 3. The highest BCUT2D eigenvalue weighted by Gasteiger charge is 2.43. The Labute approximate surface area is 236 Å². The van der Waals surface area contributed by atoms with Gasteiger partial charge in [0.15, 0.2) is 5.75 Å². The Morgan fingerprint density at radius 1 is 0.905 bits per heavy atom. The lowest BCUT2D eigenvalue weighted by Crippen LogP contribution is -2.46. The Kier molecular flexibility index (Phi) is 9.48. The Bertz CT molecular complexity index is 1440. The highest BCUT2D eigenvalue weighted by Crippen LogP contribution is 2.47. The maximum Gasteiger partial charge on any atom is 0.420 e. The molecule has 8 nitrogen and oxygen atoms in total. The standard InChI is InChI=1S/C28H29F6N3O5/c1-13(2)8-22(26(40)41-5)37-25(39)24(38)36-15-9-19(27(29,30)31)23(20(10-15)28(32,33)34)42-16-6-7-21-17(11-16)18(12-35-21)14(3)4/h6-7,9-14,22,35H,8H2,1-5H3,(H,36,38)(H,37,39). The van der Waals surface area contributed by atoms with E-state index in [1.165, 1.54) is 18.2 Å². The van der Waals surface area contributed by atoms with E-state index in [0.29, 0.717) is 10.9 Å². The van der Waals surface area contributed by atoms with Gasteiger partial charge in [0.05, 0.1) is 7.11 Å². The molecular weight excluding hydrogens is 572 g/mol. The molecule has 3 N–H and O–H groups in total. The van der Waals surface area contributed by atoms with Crippen LogP contribution in [0.1, 0.15) is 56.7 Å². The number of methoxy groups -OCH3 is 1. The molecule has 1 heterocycles. The van der Waals surface area contributed by atoms with Gasteiger partial charge in [-0.05, 0) is 54.2 Å². The summed E-state index contributed by atoms with van der Waals surface area (Å²) in [7, 11) is 1.04. The number of aromatic nitrogens is 1. The topological polar surface area (TPSA) is 110 Å². The van der Waals surface area contributed by atoms with Gasteiger partial charge in [0.25, 0.3) is 0 Å². The van der Waals surface area contributed by atoms with E-state index in [1.807, 2.05) is 13.8 Å². The first kappa shape index (κ1) is 32.3. The predicted molar refractivity (Wildman–Crippen MR) is 141 cm³/mol. The Hall–Kier alpha value is -4.23. The molecule has 0 fully saturated rings. The second-order valence-corrected chi connectivity index (χ2v) is 10.2. The van der Waals surface area contributed by atoms with Crippen molar-refractivity contribution in [3.63, 3.8) is 0 Å². The van der Waals surface area contributed by atoms with Crippen LogP contribution < -0.4 is 15.4 Å². The maximum absolute atomic E-state index is 14.1. The number of aromatic amines is 1. The summed E-state index contributed by atoms with van der Waals surface area (Å²) < 4.78 is 94.4. The molecule has 0 aliphatic rings. The first-order valence-electron chi connectivity index (χ1n) is 12.7. The molecule has 0 spiro atoms. The third-order valence-corrected chi connectivity index (χ3v) is 6.19. The fourth-order valence-electron chi connectivity index (χ4n) is 4.25. The molecule has 2 amide bonds. The van der Waals surface area contributed by atoms with Crippen molar-refractivity contribution >= 4 is 34.4 Å². The number of carbonyl (C=O) groups is 3. The van der Waals surface area contributed by atoms with E-state index in [9.17, 15) is 40.7 Å². The third kappa shape index (κ3) is 7.53. The zero-order valence-electron chi connectivity index (χ0n) is 23.2. The van der Waals surface area contributed by atoms with Crippen molar-refractivity contribution in [2.24, 2.45) is 5.92 Å². The molecule has 3 rings (SSSR count). The monoisotopic (exact) mass is 601 g/mol. The number of amides is 2. The van der Waals surface area contributed by atoms with Gasteiger partial charge in [-0.3, -0.25) is 9.59 Å². The smallest absolute Gasteiger partial charge is 0.420 e. The number of carbonyl (C=O) groups excluding carboxylic acids is 3. The number of H-pyrrole nitrogens is 1. The van der Waals surface area contributed by atoms with E-state index in [4.69, 9.17) is 4.74 Å². The zero-order chi connectivity index (χ0) is 31.6. The number of benzene rings is 2. The van der Waals surface area contributed by atoms with Crippen LogP contribution in [0.4, 0.5) is 32.0 Å². The number of ether oxygens (including phenoxy) is 2. The van der Waals surface area contributed by atoms with Crippen LogP contribution in [0.15, 0.2) is 36.5 Å². The molecule has 0 aliphatic heterocycles. The van der Waals surface area contributed by atoms with E-state index in [0.717, 1.165) is 12.7 Å². The fraction of sp³-hybridized carbons (Fsp3) is 0.393. The molecule has 1 unspecified atom stereocenters. The minimum absolute atomic E-state index is 0.00108. The van der Waals surface area contributed by atoms with Crippen LogP contribution >= 0.6 is 0 Å². The molecule has 0 radical (unpaired) electrons. The SMILES string of the molecule is COC(=O)C(CC(C)C)NC(=O)C(=O)Nc1cc(C(F)(F)F)c(Oc2ccc3[nH]cc(C(C)C)c3c2)c(C(F)(F)F)c1. The quantitative estimate of drug-likeness (QED) is 0.150. The normalized spacial score (nSPS) is 12.9. The van der Waals surface area contributed by atoms with Gasteiger partial charge in [-0.1, -0.05) is 27.7 Å². The van der Waals surface area contributed by atoms with Gasteiger partial charge in [-0.15, -0.1) is 0 Å². The number of anilines is 1. The van der Waals surface area contributed by atoms with E-state index in [1.54, 1.807) is 25.4 Å². The minimum atomic E-state index is -5.35. The van der Waals surface area contributed by atoms with Crippen molar-refractivity contribution in [2.45, 2.75) is 58.4 Å². The number of esters is 1. The molecule has 0 bridgehead atoms. The molecule has 3 aromatic rings. The van der Waals surface area contributed by atoms with E-state index in [-0.39, 0.29) is 36.1 Å². The Morgan fingerprint density at radius 3 is 2.00 bits per heavy atom. The minimum Gasteiger partial charge on any atom is -0.467 e. The fourth-order valence-corrected chi connectivity index (χ4v) is 4.25. The molecule has 1 atom stereocenters. The van der Waals surface area contributed by atoms with Crippen molar-refractivity contribution in [1.29, 1.82) is 0 Å². The number of nitrogens with one attached hydrogen (secondary N) is 3. The average Bonchev–Trinajstić information content (AvgIpc) is 3.30. The predicted octanol–water partition coefficient (Wildman–Crippen LogP) is 6.76. The summed E-state index contributed by atoms with van der Waals surface area (Å²) in [6.45, 7) is 7.16. The zero-order valence-corrected chi connectivity index (χ0v) is 23.2. The van der Waals surface area contributed by atoms with Crippen LogP contribution in [0.25, 0.3) is 10.9 Å². The first-order chi connectivity index (χ1) is 19.4. The highest BCUT2D eigenvalue weighted by atomic mass is 19.4. The summed E-state index contributed by atoms with van der Waals surface area (Å²) in [5, 5.41) is 4.39. The van der Waals surface area contributed by atoms with E-state index >= 15 is 0 Å². The molecule has 228 valence electrons. The number of rotatable bonds is 8. The van der Waals surface area contributed by atoms with Gasteiger partial charge >= 0.3 is 30.1 Å². The van der Waals surface area contributed by atoms with Gasteiger partial charge in [0.2, 0.25) is 0 Å². The molecule has 1 aromatic heterocycles. The van der Waals surface area contributed by atoms with Crippen LogP contribution in [0.3, 0.4) is 0 Å². The lowest BCUT2D eigenvalue weighted by molar-refractivity contribution is -0.147. The summed E-state index contributed by atoms with van der Waals surface area (Å²) in [4.78, 5) is 39.8. The van der Waals surface area contributed by atoms with Crippen LogP contribution in [0.5, 0.6) is 11.5 Å². The highest BCUT2D eigenvalue weighted by molar-refractivity contribution is 6.40. The Morgan fingerprint density at radius 2 is 1.50 bits per heavy atom. The van der Waals surface area contributed by atoms with Crippen molar-refractivity contribution in [3.8, 4) is 11.5 Å². The van der Waals surface area contributed by atoms with Crippen LogP contribution in [-0.2, 0) is 31.5 Å². The molecule has 14 heteroatoms. The lowest BCUT2D eigenvalue weighted by atomic mass is 10.0. The first-order valence-corrected chi connectivity index (χ1v) is 12.7. The molecule has 42 heavy (non-hydrogen) atoms. The van der Waals surface area contributed by atoms with Crippen molar-refractivity contribution in [3.05, 3.63) is 53.2 Å². The summed E-state index contributed by atoms with van der Waals surface area (Å²) in [6, 6.07) is 3.21. The summed E-state index contributed by atoms with van der Waals surface area (Å²) in [6.07, 6.45) is -8.97. The summed E-state index contributed by atoms with van der Waals surface area (Å²) >= 11 is 0. The van der Waals surface area contributed by atoms with E-state index in [2.05, 4.69) is 15.0 Å². The number of fused-ring (bicyclic) bond motifs is 1. The molecule has 0 saturated carbocycles. The number of hydrogen-bond acceptors (Lipinski definition) is 5. The van der Waals surface area contributed by atoms with Gasteiger partial charge in [0.1, 0.15) is 22.9 Å². The number of alkyl halides is 6. The van der Waals surface area contributed by atoms with E-state index < -0.39 is 58.7 Å². The van der Waals surface area contributed by atoms with Crippen LogP contribution in [0, 0.1) is 5.92 Å². The Balaban J connectivity index is 2.02. The summed E-state index contributed by atoms with van der Waals surface area (Å²) in [5.74, 6) is -5.89. The van der Waals surface area contributed by atoms with Crippen molar-refractivity contribution < 1.29 is 50.2 Å². The molecule has 2 aromatic carbocycles. The molecule has 0 saturated heterocycles. The molecule has 0 aliphatic carbocycles. The van der Waals surface area contributed by atoms with Crippen molar-refractivity contribution in [1.82, 2.24) is 10.3 Å². The summed E-state index contributed by atoms with van der Waals surface area (Å²) in [5.41, 5.74) is -3.25. The third-order valence-electron chi connectivity index (χ3n) is 6.19. The van der Waals surface area contributed by atoms with Gasteiger partial charge in [0, 0.05) is 22.8 Å². The average molecular weight is 602 g/mol. The van der Waals surface area contributed by atoms with Gasteiger partial charge in [-0.2, -0.15) is 26.3 Å². The second-order valence-electron chi connectivity index (χ2n) is 10.2. The largest absolute Gasteiger partial charge is 0.467 e. The molecular formula is C28H29F6N3O5. The van der Waals surface area contributed by atoms with Crippen LogP contribution in [-0.4, -0.2) is 35.9 Å². The number of halogens is 6. The van der Waals surface area contributed by atoms with Gasteiger partial charge < -0.3 is 25.1 Å².